The Labute approximate surface area is 177 Å². The molecule has 2 amide bonds. The largest absolute Gasteiger partial charge is 0.421 e. The third-order valence-corrected chi connectivity index (χ3v) is 6.39. The topological polar surface area (TPSA) is 113 Å². The number of nitrogens with two attached hydrogens (primary N) is 1. The van der Waals surface area contributed by atoms with Gasteiger partial charge in [-0.05, 0) is 31.1 Å². The number of aromatic nitrogens is 2. The van der Waals surface area contributed by atoms with Gasteiger partial charge in [-0.2, -0.15) is 18.2 Å². The lowest BCUT2D eigenvalue weighted by Crippen LogP contribution is -2.44. The van der Waals surface area contributed by atoms with E-state index in [0.717, 1.165) is 19.0 Å². The van der Waals surface area contributed by atoms with Crippen LogP contribution in [0.5, 0.6) is 0 Å². The van der Waals surface area contributed by atoms with E-state index in [4.69, 9.17) is 5.73 Å². The molecule has 0 radical (unpaired) electrons. The number of carbonyl (C=O) groups excluding carboxylic acids is 2. The number of alkyl halides is 3. The number of fused-ring (bicyclic) bond motifs is 2. The maximum atomic E-state index is 13.6. The monoisotopic (exact) mass is 438 g/mol. The van der Waals surface area contributed by atoms with Crippen molar-refractivity contribution in [1.82, 2.24) is 14.9 Å². The molecule has 2 aliphatic carbocycles. The van der Waals surface area contributed by atoms with Crippen LogP contribution < -0.4 is 16.4 Å². The third-order valence-electron chi connectivity index (χ3n) is 6.39. The predicted molar refractivity (Wildman–Crippen MR) is 107 cm³/mol. The molecule has 1 saturated carbocycles. The second-order valence-electron chi connectivity index (χ2n) is 8.45. The molecule has 5 atom stereocenters. The molecule has 8 nitrogen and oxygen atoms in total. The molecule has 1 unspecified atom stereocenters. The van der Waals surface area contributed by atoms with Gasteiger partial charge in [0.15, 0.2) is 0 Å². The van der Waals surface area contributed by atoms with Crippen LogP contribution in [0.3, 0.4) is 0 Å². The van der Waals surface area contributed by atoms with Crippen molar-refractivity contribution in [2.45, 2.75) is 44.4 Å². The number of nitrogens with one attached hydrogen (secondary N) is 2. The molecule has 0 aromatic carbocycles. The van der Waals surface area contributed by atoms with E-state index < -0.39 is 29.6 Å². The van der Waals surface area contributed by atoms with Crippen LogP contribution in [-0.2, 0) is 15.8 Å². The Balaban J connectivity index is 1.58. The number of amides is 2. The van der Waals surface area contributed by atoms with E-state index in [1.165, 1.54) is 6.92 Å². The molecule has 2 bridgehead atoms. The van der Waals surface area contributed by atoms with E-state index in [-0.39, 0.29) is 35.6 Å². The Hall–Kier alpha value is -2.85. The van der Waals surface area contributed by atoms with Crippen LogP contribution in [0.15, 0.2) is 18.3 Å². The molecule has 11 heteroatoms. The van der Waals surface area contributed by atoms with Gasteiger partial charge in [0.05, 0.1) is 5.92 Å². The summed E-state index contributed by atoms with van der Waals surface area (Å²) in [4.78, 5) is 33.2. The maximum absolute atomic E-state index is 13.6. The number of primary amides is 1. The Bertz CT molecular complexity index is 905. The van der Waals surface area contributed by atoms with E-state index in [1.54, 1.807) is 4.90 Å². The molecule has 2 fully saturated rings. The minimum Gasteiger partial charge on any atom is -0.369 e. The first kappa shape index (κ1) is 21.4. The highest BCUT2D eigenvalue weighted by atomic mass is 19.4. The van der Waals surface area contributed by atoms with E-state index in [9.17, 15) is 22.8 Å². The van der Waals surface area contributed by atoms with Crippen molar-refractivity contribution in [2.75, 3.05) is 23.7 Å². The predicted octanol–water partition coefficient (Wildman–Crippen LogP) is 2.01. The Kier molecular flexibility index (Phi) is 5.52. The average Bonchev–Trinajstić information content (AvgIpc) is 3.29. The van der Waals surface area contributed by atoms with Crippen molar-refractivity contribution in [1.29, 1.82) is 0 Å². The summed E-state index contributed by atoms with van der Waals surface area (Å²) in [5, 5.41) is 5.90. The van der Waals surface area contributed by atoms with Crippen molar-refractivity contribution in [2.24, 2.45) is 23.5 Å². The summed E-state index contributed by atoms with van der Waals surface area (Å²) in [6.07, 6.45) is 2.09. The molecule has 2 heterocycles. The molecule has 3 aliphatic rings. The van der Waals surface area contributed by atoms with Gasteiger partial charge in [-0.15, -0.1) is 0 Å². The number of allylic oxidation sites excluding steroid dienone is 1. The summed E-state index contributed by atoms with van der Waals surface area (Å²) in [6.45, 7) is 2.57. The van der Waals surface area contributed by atoms with Gasteiger partial charge in [-0.1, -0.05) is 12.2 Å². The number of halogens is 3. The number of rotatable bonds is 5. The fourth-order valence-corrected chi connectivity index (χ4v) is 4.90. The quantitative estimate of drug-likeness (QED) is 0.606. The second kappa shape index (κ2) is 8.01. The molecule has 31 heavy (non-hydrogen) atoms. The van der Waals surface area contributed by atoms with E-state index in [1.807, 2.05) is 12.2 Å². The molecule has 1 aromatic rings. The second-order valence-corrected chi connectivity index (χ2v) is 8.45. The number of carbonyl (C=O) groups is 2. The third kappa shape index (κ3) is 4.31. The van der Waals surface area contributed by atoms with Crippen LogP contribution in [0.4, 0.5) is 24.9 Å². The number of hydrogen-bond acceptors (Lipinski definition) is 6. The molecule has 4 N–H and O–H groups in total. The number of piperidine rings is 1. The van der Waals surface area contributed by atoms with E-state index in [0.29, 0.717) is 19.5 Å². The minimum atomic E-state index is -4.66. The molecule has 0 spiro atoms. The summed E-state index contributed by atoms with van der Waals surface area (Å²) >= 11 is 0. The van der Waals surface area contributed by atoms with Gasteiger partial charge < -0.3 is 21.3 Å². The molecule has 1 aliphatic heterocycles. The molecule has 4 rings (SSSR count). The average molecular weight is 438 g/mol. The summed E-state index contributed by atoms with van der Waals surface area (Å²) in [5.74, 6) is -1.68. The fraction of sp³-hybridized carbons (Fsp3) is 0.600. The van der Waals surface area contributed by atoms with Crippen molar-refractivity contribution < 1.29 is 22.8 Å². The Morgan fingerprint density at radius 3 is 2.65 bits per heavy atom. The maximum Gasteiger partial charge on any atom is 0.421 e. The fourth-order valence-electron chi connectivity index (χ4n) is 4.90. The van der Waals surface area contributed by atoms with Gasteiger partial charge in [-0.25, -0.2) is 4.98 Å². The van der Waals surface area contributed by atoms with Crippen LogP contribution in [0.2, 0.25) is 0 Å². The molecular weight excluding hydrogens is 413 g/mol. The van der Waals surface area contributed by atoms with Gasteiger partial charge in [-0.3, -0.25) is 9.59 Å². The SMILES string of the molecule is CC(=O)N1CCCC(Nc2ncc(C(F)(F)F)c(N[C@@H]3[C@H](C(N)=O)[C@H]4C=C[C@@H]3C4)n2)C1. The molecule has 1 aromatic heterocycles. The minimum absolute atomic E-state index is 0.0419. The van der Waals surface area contributed by atoms with Gasteiger partial charge in [0.25, 0.3) is 0 Å². The summed E-state index contributed by atoms with van der Waals surface area (Å²) in [7, 11) is 0. The first-order valence-electron chi connectivity index (χ1n) is 10.3. The van der Waals surface area contributed by atoms with Crippen molar-refractivity contribution in [3.05, 3.63) is 23.9 Å². The zero-order chi connectivity index (χ0) is 22.3. The van der Waals surface area contributed by atoms with Gasteiger partial charge in [0, 0.05) is 38.3 Å². The number of hydrogen-bond donors (Lipinski definition) is 3. The van der Waals surface area contributed by atoms with E-state index in [2.05, 4.69) is 20.6 Å². The zero-order valence-electron chi connectivity index (χ0n) is 17.0. The van der Waals surface area contributed by atoms with Crippen molar-refractivity contribution >= 4 is 23.6 Å². The van der Waals surface area contributed by atoms with Crippen molar-refractivity contribution in [3.63, 3.8) is 0 Å². The smallest absolute Gasteiger partial charge is 0.369 e. The normalized spacial score (nSPS) is 29.8. The lowest BCUT2D eigenvalue weighted by molar-refractivity contribution is -0.137. The number of likely N-dealkylation sites (tertiary alicyclic amines) is 1. The highest BCUT2D eigenvalue weighted by molar-refractivity contribution is 5.80. The van der Waals surface area contributed by atoms with Crippen LogP contribution in [0, 0.1) is 17.8 Å². The summed E-state index contributed by atoms with van der Waals surface area (Å²) < 4.78 is 40.8. The lowest BCUT2D eigenvalue weighted by atomic mass is 9.88. The number of nitrogens with zero attached hydrogens (tertiary/aromatic N) is 3. The molecule has 1 saturated heterocycles. The van der Waals surface area contributed by atoms with Gasteiger partial charge >= 0.3 is 6.18 Å². The Morgan fingerprint density at radius 1 is 1.23 bits per heavy atom. The van der Waals surface area contributed by atoms with Gasteiger partial charge in [0.1, 0.15) is 11.4 Å². The highest BCUT2D eigenvalue weighted by Gasteiger charge is 2.48. The van der Waals surface area contributed by atoms with Crippen LogP contribution >= 0.6 is 0 Å². The first-order chi connectivity index (χ1) is 14.6. The van der Waals surface area contributed by atoms with Crippen LogP contribution in [0.25, 0.3) is 0 Å². The highest BCUT2D eigenvalue weighted by Crippen LogP contribution is 2.45. The van der Waals surface area contributed by atoms with E-state index >= 15 is 0 Å². The lowest BCUT2D eigenvalue weighted by Gasteiger charge is -2.32. The summed E-state index contributed by atoms with van der Waals surface area (Å²) in [6, 6.07) is -0.717. The standard InChI is InChI=1S/C20H25F3N6O2/c1-10(30)29-6-2-3-13(9-29)26-19-25-8-14(20(21,22)23)18(28-19)27-16-12-5-4-11(7-12)15(16)17(24)31/h4-5,8,11-13,15-16H,2-3,6-7,9H2,1H3,(H2,24,31)(H2,25,26,27,28)/t11-,12+,13?,15+,16-/m0/s1. The first-order valence-corrected chi connectivity index (χ1v) is 10.3. The van der Waals surface area contributed by atoms with Crippen LogP contribution in [-0.4, -0.2) is 51.9 Å². The van der Waals surface area contributed by atoms with Gasteiger partial charge in [0.2, 0.25) is 17.8 Å². The van der Waals surface area contributed by atoms with Crippen LogP contribution in [0.1, 0.15) is 31.7 Å². The number of anilines is 2. The van der Waals surface area contributed by atoms with Crippen molar-refractivity contribution in [3.8, 4) is 0 Å². The Morgan fingerprint density at radius 2 is 1.97 bits per heavy atom. The molecule has 168 valence electrons. The zero-order valence-corrected chi connectivity index (χ0v) is 17.0. The summed E-state index contributed by atoms with van der Waals surface area (Å²) in [5.41, 5.74) is 4.53. The molecular formula is C20H25F3N6O2.